The van der Waals surface area contributed by atoms with Gasteiger partial charge in [0.1, 0.15) is 0 Å². The van der Waals surface area contributed by atoms with E-state index in [1.54, 1.807) is 35.3 Å². The minimum atomic E-state index is -0.00958. The number of thiophene rings is 1. The van der Waals surface area contributed by atoms with Gasteiger partial charge in [-0.2, -0.15) is 0 Å². The van der Waals surface area contributed by atoms with E-state index in [2.05, 4.69) is 28.3 Å². The third-order valence-electron chi connectivity index (χ3n) is 3.71. The third kappa shape index (κ3) is 2.30. The van der Waals surface area contributed by atoms with E-state index >= 15 is 0 Å². The largest absolute Gasteiger partial charge is 0.351 e. The topological polar surface area (TPSA) is 38.1 Å². The molecule has 0 saturated carbocycles. The molecule has 4 nitrogen and oxygen atoms in total. The molecule has 1 atom stereocenters. The quantitative estimate of drug-likeness (QED) is 0.843. The maximum absolute atomic E-state index is 12.1. The van der Waals surface area contributed by atoms with Gasteiger partial charge >= 0.3 is 0 Å². The molecule has 1 aliphatic rings. The lowest BCUT2D eigenvalue weighted by molar-refractivity contribution is 0.772. The Bertz CT molecular complexity index is 646. The summed E-state index contributed by atoms with van der Waals surface area (Å²) in [6, 6.07) is 2.26. The number of hydrogen-bond acceptors (Lipinski definition) is 4. The first-order valence-electron chi connectivity index (χ1n) is 6.47. The van der Waals surface area contributed by atoms with Gasteiger partial charge in [-0.25, -0.2) is 4.98 Å². The van der Waals surface area contributed by atoms with E-state index in [0.717, 1.165) is 19.5 Å². The van der Waals surface area contributed by atoms with Gasteiger partial charge in [-0.15, -0.1) is 11.3 Å². The predicted molar refractivity (Wildman–Crippen MR) is 78.1 cm³/mol. The summed E-state index contributed by atoms with van der Waals surface area (Å²) < 4.78 is 1.59. The number of anilines is 1. The molecule has 1 fully saturated rings. The molecule has 0 spiro atoms. The van der Waals surface area contributed by atoms with Gasteiger partial charge < -0.3 is 9.47 Å². The zero-order chi connectivity index (χ0) is 13.4. The minimum absolute atomic E-state index is 0.00958. The molecule has 2 aromatic rings. The van der Waals surface area contributed by atoms with Crippen LogP contribution < -0.4 is 10.5 Å². The van der Waals surface area contributed by atoms with Crippen LogP contribution in [-0.4, -0.2) is 22.6 Å². The summed E-state index contributed by atoms with van der Waals surface area (Å²) >= 11 is 1.79. The summed E-state index contributed by atoms with van der Waals surface area (Å²) in [5.74, 6) is 1.11. The van der Waals surface area contributed by atoms with Gasteiger partial charge in [-0.3, -0.25) is 4.79 Å². The first kappa shape index (κ1) is 12.4. The van der Waals surface area contributed by atoms with Crippen molar-refractivity contribution < 1.29 is 0 Å². The average Bonchev–Trinajstić information content (AvgIpc) is 3.01. The van der Waals surface area contributed by atoms with E-state index in [9.17, 15) is 4.79 Å². The number of aryl methyl sites for hydroxylation is 2. The van der Waals surface area contributed by atoms with Crippen LogP contribution in [0.25, 0.3) is 0 Å². The van der Waals surface area contributed by atoms with Crippen LogP contribution in [0.15, 0.2) is 28.6 Å². The summed E-state index contributed by atoms with van der Waals surface area (Å²) in [5.41, 5.74) is 1.39. The SMILES string of the molecule is Cc1cc([C@H]2CCN(c3nccn(C)c3=O)C2)cs1. The fourth-order valence-electron chi connectivity index (χ4n) is 2.60. The molecule has 0 unspecified atom stereocenters. The number of hydrogen-bond donors (Lipinski definition) is 0. The van der Waals surface area contributed by atoms with E-state index in [1.807, 2.05) is 0 Å². The van der Waals surface area contributed by atoms with Crippen LogP contribution in [-0.2, 0) is 7.05 Å². The monoisotopic (exact) mass is 275 g/mol. The van der Waals surface area contributed by atoms with Crippen LogP contribution in [0.1, 0.15) is 22.8 Å². The first-order chi connectivity index (χ1) is 9.15. The molecule has 0 N–H and O–H groups in total. The molecule has 0 bridgehead atoms. The molecule has 2 aromatic heterocycles. The highest BCUT2D eigenvalue weighted by molar-refractivity contribution is 7.10. The smallest absolute Gasteiger partial charge is 0.293 e. The Hall–Kier alpha value is -1.62. The molecule has 3 heterocycles. The molecule has 1 aliphatic heterocycles. The molecule has 0 aliphatic carbocycles. The van der Waals surface area contributed by atoms with E-state index in [0.29, 0.717) is 11.7 Å². The molecule has 0 radical (unpaired) electrons. The molecule has 100 valence electrons. The van der Waals surface area contributed by atoms with Crippen LogP contribution in [0.5, 0.6) is 0 Å². The maximum atomic E-state index is 12.1. The Kier molecular flexibility index (Phi) is 3.14. The second kappa shape index (κ2) is 4.81. The second-order valence-electron chi connectivity index (χ2n) is 5.09. The van der Waals surface area contributed by atoms with Crippen molar-refractivity contribution in [3.05, 3.63) is 44.6 Å². The van der Waals surface area contributed by atoms with E-state index in [1.165, 1.54) is 10.4 Å². The Labute approximate surface area is 116 Å². The maximum Gasteiger partial charge on any atom is 0.293 e. The Balaban J connectivity index is 1.82. The van der Waals surface area contributed by atoms with E-state index in [4.69, 9.17) is 0 Å². The van der Waals surface area contributed by atoms with Crippen molar-refractivity contribution in [2.75, 3.05) is 18.0 Å². The summed E-state index contributed by atoms with van der Waals surface area (Å²) in [6.45, 7) is 3.93. The van der Waals surface area contributed by atoms with Crippen molar-refractivity contribution in [2.45, 2.75) is 19.3 Å². The molecular formula is C14H17N3OS. The van der Waals surface area contributed by atoms with Gasteiger partial charge in [0.05, 0.1) is 0 Å². The standard InChI is InChI=1S/C14H17N3OS/c1-10-7-12(9-19-10)11-3-5-17(8-11)13-14(18)16(2)6-4-15-13/h4,6-7,9,11H,3,5,8H2,1-2H3/t11-/m0/s1. The molecule has 1 saturated heterocycles. The van der Waals surface area contributed by atoms with Gasteiger partial charge in [0, 0.05) is 43.3 Å². The predicted octanol–water partition coefficient (Wildman–Crippen LogP) is 2.14. The molecule has 5 heteroatoms. The fraction of sp³-hybridized carbons (Fsp3) is 0.429. The highest BCUT2D eigenvalue weighted by atomic mass is 32.1. The van der Waals surface area contributed by atoms with Gasteiger partial charge in [0.2, 0.25) is 0 Å². The second-order valence-corrected chi connectivity index (χ2v) is 6.20. The zero-order valence-corrected chi connectivity index (χ0v) is 12.0. The molecule has 19 heavy (non-hydrogen) atoms. The Morgan fingerprint density at radius 3 is 3.05 bits per heavy atom. The lowest BCUT2D eigenvalue weighted by atomic mass is 10.0. The normalized spacial score (nSPS) is 19.1. The van der Waals surface area contributed by atoms with Gasteiger partial charge in [0.15, 0.2) is 5.82 Å². The number of aromatic nitrogens is 2. The zero-order valence-electron chi connectivity index (χ0n) is 11.2. The van der Waals surface area contributed by atoms with Gasteiger partial charge in [-0.1, -0.05) is 0 Å². The summed E-state index contributed by atoms with van der Waals surface area (Å²) in [5, 5.41) is 2.24. The van der Waals surface area contributed by atoms with Crippen molar-refractivity contribution >= 4 is 17.2 Å². The molecule has 3 rings (SSSR count). The van der Waals surface area contributed by atoms with E-state index in [-0.39, 0.29) is 5.56 Å². The van der Waals surface area contributed by atoms with Crippen LogP contribution >= 0.6 is 11.3 Å². The third-order valence-corrected chi connectivity index (χ3v) is 4.59. The average molecular weight is 275 g/mol. The van der Waals surface area contributed by atoms with E-state index < -0.39 is 0 Å². The lowest BCUT2D eigenvalue weighted by Gasteiger charge is -2.16. The van der Waals surface area contributed by atoms with Gasteiger partial charge in [-0.05, 0) is 30.4 Å². The van der Waals surface area contributed by atoms with Crippen molar-refractivity contribution in [3.8, 4) is 0 Å². The van der Waals surface area contributed by atoms with Crippen LogP contribution in [0, 0.1) is 6.92 Å². The molecule has 0 amide bonds. The number of rotatable bonds is 2. The first-order valence-corrected chi connectivity index (χ1v) is 7.35. The van der Waals surface area contributed by atoms with Crippen molar-refractivity contribution in [1.82, 2.24) is 9.55 Å². The number of nitrogens with zero attached hydrogens (tertiary/aromatic N) is 3. The molecule has 0 aromatic carbocycles. The van der Waals surface area contributed by atoms with Crippen LogP contribution in [0.2, 0.25) is 0 Å². The van der Waals surface area contributed by atoms with Crippen LogP contribution in [0.3, 0.4) is 0 Å². The van der Waals surface area contributed by atoms with Gasteiger partial charge in [0.25, 0.3) is 5.56 Å². The van der Waals surface area contributed by atoms with Crippen LogP contribution in [0.4, 0.5) is 5.82 Å². The summed E-state index contributed by atoms with van der Waals surface area (Å²) in [6.07, 6.45) is 4.48. The Morgan fingerprint density at radius 2 is 2.32 bits per heavy atom. The van der Waals surface area contributed by atoms with Crippen molar-refractivity contribution in [3.63, 3.8) is 0 Å². The minimum Gasteiger partial charge on any atom is -0.351 e. The fourth-order valence-corrected chi connectivity index (χ4v) is 3.39. The summed E-state index contributed by atoms with van der Waals surface area (Å²) in [7, 11) is 1.77. The van der Waals surface area contributed by atoms with Crippen molar-refractivity contribution in [1.29, 1.82) is 0 Å². The lowest BCUT2D eigenvalue weighted by Crippen LogP contribution is -2.30. The highest BCUT2D eigenvalue weighted by Crippen LogP contribution is 2.31. The highest BCUT2D eigenvalue weighted by Gasteiger charge is 2.26. The molecular weight excluding hydrogens is 258 g/mol. The van der Waals surface area contributed by atoms with Crippen molar-refractivity contribution in [2.24, 2.45) is 7.05 Å². The summed E-state index contributed by atoms with van der Waals surface area (Å²) in [4.78, 5) is 19.8. The Morgan fingerprint density at radius 1 is 1.47 bits per heavy atom.